The molecule has 7 heteroatoms. The van der Waals surface area contributed by atoms with Gasteiger partial charge in [0.05, 0.1) is 74.8 Å². The molecule has 0 saturated carbocycles. The summed E-state index contributed by atoms with van der Waals surface area (Å²) in [4.78, 5) is 0. The molecule has 0 heterocycles. The normalized spacial score (nSPS) is 14.6. The molecule has 5 unspecified atom stereocenters. The standard InChI is InChI=1S/C19H22O.C18H20O.2C17H18O.C16H16O.C14H20O.C13H18O/c1-13(2)14(3)20-12-16-8-6-10-18-17-9-5-4-7-15(17)11-19(16)18;1-3-13(2)19-12-15-8-6-10-17-16-9-5-4-7-14(16)11-18(15)17;1-12(2)18-11-14-7-5-9-16-15-8-4-3-6-13(15)10-17(14)16;1-3-12(2)18-15-8-9-17-14(11-15)10-13-6-4-5-7-16(13)17;1-11(2)17-14-7-8-16-13(10-14)9-12-5-3-4-6-15(12)16;1-10(2)11(3)15-14-8-12-6-4-5-7-13(12)9-14;1-3-10(2)14-13-8-11-6-4-5-7-12(11)9-13/h4-10,13-14H,11-12H2,1-3H3;4-10,13H,3,11-12H2,1-2H3;3-9,12H,10-11H2,1-2H3;4-9,11-12H,3,10H2,1-2H3;3-8,10-11H,9H2,1-2H3;4-7,10-11,14H,8-9H2,1-3H3;4-7,10,13H,3,8-9H2,1-2H3. The molecule has 121 heavy (non-hydrogen) atoms. The number of rotatable bonds is 22. The number of fused-ring (bicyclic) bond motifs is 17. The molecule has 7 nitrogen and oxygen atoms in total. The molecule has 12 aromatic carbocycles. The van der Waals surface area contributed by atoms with Crippen LogP contribution in [-0.4, -0.2) is 54.9 Å². The van der Waals surface area contributed by atoms with Gasteiger partial charge in [-0.2, -0.15) is 0 Å². The third-order valence-corrected chi connectivity index (χ3v) is 25.1. The molecule has 0 fully saturated rings. The van der Waals surface area contributed by atoms with Crippen LogP contribution in [-0.2, 0) is 101 Å². The summed E-state index contributed by atoms with van der Waals surface area (Å²) in [7, 11) is 0. The lowest BCUT2D eigenvalue weighted by molar-refractivity contribution is -0.0194. The predicted octanol–water partition coefficient (Wildman–Crippen LogP) is 28.2. The minimum Gasteiger partial charge on any atom is -0.491 e. The molecule has 5 atom stereocenters. The average Bonchev–Trinajstić information content (AvgIpc) is 1.63. The summed E-state index contributed by atoms with van der Waals surface area (Å²) in [6.45, 7) is 36.5. The Kier molecular flexibility index (Phi) is 31.3. The van der Waals surface area contributed by atoms with Crippen LogP contribution in [0.25, 0.3) is 55.6 Å². The molecule has 0 spiro atoms. The molecule has 0 amide bonds. The second-order valence-corrected chi connectivity index (χ2v) is 35.3. The lowest BCUT2D eigenvalue weighted by Crippen LogP contribution is -2.24. The van der Waals surface area contributed by atoms with E-state index in [1.807, 2.05) is 0 Å². The van der Waals surface area contributed by atoms with Crippen molar-refractivity contribution in [2.75, 3.05) is 0 Å². The molecule has 0 aromatic heterocycles. The van der Waals surface area contributed by atoms with Crippen LogP contribution in [0.4, 0.5) is 0 Å². The summed E-state index contributed by atoms with van der Waals surface area (Å²) in [5.41, 5.74) is 38.0. The maximum atomic E-state index is 6.06. The van der Waals surface area contributed by atoms with Crippen molar-refractivity contribution in [2.45, 2.75) is 263 Å². The van der Waals surface area contributed by atoms with Crippen LogP contribution < -0.4 is 9.47 Å². The van der Waals surface area contributed by atoms with E-state index >= 15 is 0 Å². The number of ether oxygens (including phenoxy) is 7. The zero-order valence-electron chi connectivity index (χ0n) is 75.1. The molecular weight excluding hydrogens is 1480 g/mol. The van der Waals surface area contributed by atoms with E-state index in [0.29, 0.717) is 48.5 Å². The van der Waals surface area contributed by atoms with E-state index in [-0.39, 0.29) is 18.3 Å². The molecule has 7 aliphatic carbocycles. The first-order valence-corrected chi connectivity index (χ1v) is 45.3. The largest absolute Gasteiger partial charge is 0.491 e. The van der Waals surface area contributed by atoms with Gasteiger partial charge in [-0.05, 0) is 326 Å². The fourth-order valence-corrected chi connectivity index (χ4v) is 17.2. The summed E-state index contributed by atoms with van der Waals surface area (Å²) >= 11 is 0. The van der Waals surface area contributed by atoms with Gasteiger partial charge >= 0.3 is 0 Å². The molecule has 7 aliphatic rings. The van der Waals surface area contributed by atoms with Crippen molar-refractivity contribution in [2.24, 2.45) is 11.8 Å². The van der Waals surface area contributed by atoms with Crippen LogP contribution >= 0.6 is 0 Å². The van der Waals surface area contributed by atoms with Gasteiger partial charge < -0.3 is 33.2 Å². The predicted molar refractivity (Wildman–Crippen MR) is 505 cm³/mol. The fraction of sp³-hybridized carbons (Fsp3) is 0.368. The molecule has 19 rings (SSSR count). The van der Waals surface area contributed by atoms with Gasteiger partial charge in [0.1, 0.15) is 11.5 Å². The van der Waals surface area contributed by atoms with Crippen LogP contribution in [0.1, 0.15) is 225 Å². The van der Waals surface area contributed by atoms with Crippen molar-refractivity contribution in [3.8, 4) is 67.1 Å². The van der Waals surface area contributed by atoms with E-state index in [4.69, 9.17) is 33.2 Å². The van der Waals surface area contributed by atoms with Crippen molar-refractivity contribution in [3.05, 3.63) is 355 Å². The quantitative estimate of drug-likeness (QED) is 0.0670. The highest BCUT2D eigenvalue weighted by Gasteiger charge is 2.28. The Morgan fingerprint density at radius 3 is 0.909 bits per heavy atom. The van der Waals surface area contributed by atoms with E-state index in [0.717, 1.165) is 108 Å². The molecule has 0 N–H and O–H groups in total. The zero-order valence-corrected chi connectivity index (χ0v) is 75.1. The Morgan fingerprint density at radius 1 is 0.248 bits per heavy atom. The Morgan fingerprint density at radius 2 is 0.554 bits per heavy atom. The highest BCUT2D eigenvalue weighted by Crippen LogP contribution is 2.44. The fourth-order valence-electron chi connectivity index (χ4n) is 17.2. The SMILES string of the molecule is CC(C)C(C)OC1Cc2ccccc2C1.CC(C)C(C)OCc1cccc2c1Cc1ccccc1-2.CC(C)OCc1cccc2c1Cc1ccccc1-2.CC(C)Oc1ccc2c(c1)Cc1ccccc1-2.CCC(C)OC1Cc2ccccc2C1.CCC(C)OCc1cccc2c1Cc1ccccc1-2.CCC(C)Oc1ccc2c(c1)Cc1ccccc1-2. The minimum atomic E-state index is 0.233. The van der Waals surface area contributed by atoms with Crippen LogP contribution in [0.5, 0.6) is 11.5 Å². The molecule has 630 valence electrons. The van der Waals surface area contributed by atoms with E-state index in [1.165, 1.54) is 150 Å². The van der Waals surface area contributed by atoms with E-state index in [2.05, 4.69) is 372 Å². The van der Waals surface area contributed by atoms with Crippen molar-refractivity contribution >= 4 is 0 Å². The van der Waals surface area contributed by atoms with Gasteiger partial charge in [0.25, 0.3) is 0 Å². The van der Waals surface area contributed by atoms with Gasteiger partial charge in [-0.1, -0.05) is 285 Å². The highest BCUT2D eigenvalue weighted by molar-refractivity contribution is 5.81. The zero-order chi connectivity index (χ0) is 85.1. The van der Waals surface area contributed by atoms with Crippen LogP contribution in [0.15, 0.2) is 261 Å². The Labute approximate surface area is 725 Å². The Hall–Kier alpha value is -9.96. The molecule has 0 radical (unpaired) electrons. The molecule has 0 aliphatic heterocycles. The summed E-state index contributed by atoms with van der Waals surface area (Å²) < 4.78 is 41.3. The van der Waals surface area contributed by atoms with Crippen LogP contribution in [0, 0.1) is 11.8 Å². The van der Waals surface area contributed by atoms with E-state index in [1.54, 1.807) is 0 Å². The van der Waals surface area contributed by atoms with Gasteiger partial charge in [0, 0.05) is 0 Å². The minimum absolute atomic E-state index is 0.233. The van der Waals surface area contributed by atoms with Gasteiger partial charge in [0.15, 0.2) is 0 Å². The first-order valence-electron chi connectivity index (χ1n) is 45.3. The van der Waals surface area contributed by atoms with Crippen molar-refractivity contribution < 1.29 is 33.2 Å². The maximum Gasteiger partial charge on any atom is 0.120 e. The number of benzene rings is 12. The first-order chi connectivity index (χ1) is 58.7. The van der Waals surface area contributed by atoms with Crippen molar-refractivity contribution in [1.29, 1.82) is 0 Å². The highest BCUT2D eigenvalue weighted by atomic mass is 16.5. The Bertz CT molecular complexity index is 5320. The maximum absolute atomic E-state index is 6.06. The van der Waals surface area contributed by atoms with Crippen molar-refractivity contribution in [1.82, 2.24) is 0 Å². The smallest absolute Gasteiger partial charge is 0.120 e. The monoisotopic (exact) mass is 1610 g/mol. The topological polar surface area (TPSA) is 64.6 Å². The number of hydrogen-bond acceptors (Lipinski definition) is 7. The molecule has 0 bridgehead atoms. The van der Waals surface area contributed by atoms with Gasteiger partial charge in [-0.3, -0.25) is 0 Å². The number of hydrogen-bond donors (Lipinski definition) is 0. The summed E-state index contributed by atoms with van der Waals surface area (Å²) in [5.74, 6) is 3.14. The van der Waals surface area contributed by atoms with Crippen LogP contribution in [0.3, 0.4) is 0 Å². The van der Waals surface area contributed by atoms with E-state index < -0.39 is 0 Å². The lowest BCUT2D eigenvalue weighted by Gasteiger charge is -2.21. The summed E-state index contributed by atoms with van der Waals surface area (Å²) in [6, 6.07) is 93.3. The van der Waals surface area contributed by atoms with Gasteiger partial charge in [-0.25, -0.2) is 0 Å². The van der Waals surface area contributed by atoms with Gasteiger partial charge in [-0.15, -0.1) is 0 Å². The molecule has 12 aromatic rings. The van der Waals surface area contributed by atoms with Crippen molar-refractivity contribution in [3.63, 3.8) is 0 Å². The van der Waals surface area contributed by atoms with Gasteiger partial charge in [0.2, 0.25) is 0 Å². The molecule has 0 saturated heterocycles. The molecular formula is C114H132O7. The average molecular weight is 1610 g/mol. The van der Waals surface area contributed by atoms with Crippen LogP contribution in [0.2, 0.25) is 0 Å². The third-order valence-electron chi connectivity index (χ3n) is 25.1. The third kappa shape index (κ3) is 23.1. The Balaban J connectivity index is 0.000000122. The summed E-state index contributed by atoms with van der Waals surface area (Å²) in [6.07, 6.45) is 15.8. The lowest BCUT2D eigenvalue weighted by atomic mass is 10.0. The second kappa shape index (κ2) is 42.7. The first kappa shape index (κ1) is 88.8. The second-order valence-electron chi connectivity index (χ2n) is 35.3. The summed E-state index contributed by atoms with van der Waals surface area (Å²) in [5, 5.41) is 0. The van der Waals surface area contributed by atoms with E-state index in [9.17, 15) is 0 Å².